The van der Waals surface area contributed by atoms with Crippen LogP contribution in [0.5, 0.6) is 0 Å². The molecule has 2 saturated heterocycles. The Morgan fingerprint density at radius 2 is 1.03 bits per heavy atom. The van der Waals surface area contributed by atoms with Crippen molar-refractivity contribution in [3.05, 3.63) is 24.3 Å². The zero-order valence-electron chi connectivity index (χ0n) is 22.5. The van der Waals surface area contributed by atoms with Crippen LogP contribution in [0.25, 0.3) is 0 Å². The van der Waals surface area contributed by atoms with Gasteiger partial charge in [0.25, 0.3) is 0 Å². The van der Waals surface area contributed by atoms with Crippen LogP contribution < -0.4 is 0 Å². The van der Waals surface area contributed by atoms with E-state index >= 15 is 0 Å². The van der Waals surface area contributed by atoms with E-state index < -0.39 is 0 Å². The second kappa shape index (κ2) is 15.5. The molecule has 5 rings (SSSR count). The first-order chi connectivity index (χ1) is 16.9. The third kappa shape index (κ3) is 9.12. The van der Waals surface area contributed by atoms with Crippen molar-refractivity contribution in [3.63, 3.8) is 0 Å². The molecule has 2 unspecified atom stereocenters. The monoisotopic (exact) mass is 468 g/mol. The summed E-state index contributed by atoms with van der Waals surface area (Å²) in [5, 5.41) is 0. The zero-order chi connectivity index (χ0) is 23.3. The van der Waals surface area contributed by atoms with Gasteiger partial charge in [0.05, 0.1) is 0 Å². The Morgan fingerprint density at radius 3 is 1.79 bits per heavy atom. The van der Waals surface area contributed by atoms with Crippen molar-refractivity contribution >= 4 is 0 Å². The van der Waals surface area contributed by atoms with E-state index in [9.17, 15) is 0 Å². The minimum atomic E-state index is 0.957. The van der Waals surface area contributed by atoms with Crippen LogP contribution in [-0.4, -0.2) is 49.1 Å². The molecule has 5 aliphatic rings. The lowest BCUT2D eigenvalue weighted by Gasteiger charge is -2.47. The largest absolute Gasteiger partial charge is 0.303 e. The Bertz CT molecular complexity index is 582. The second-order valence-corrected chi connectivity index (χ2v) is 12.3. The van der Waals surface area contributed by atoms with Crippen LogP contribution >= 0.6 is 0 Å². The molecule has 0 spiro atoms. The van der Waals surface area contributed by atoms with Crippen molar-refractivity contribution in [2.24, 2.45) is 23.7 Å². The summed E-state index contributed by atoms with van der Waals surface area (Å²) in [6, 6.07) is 0. The van der Waals surface area contributed by atoms with E-state index in [-0.39, 0.29) is 0 Å². The summed E-state index contributed by atoms with van der Waals surface area (Å²) < 4.78 is 0. The van der Waals surface area contributed by atoms with E-state index in [1.165, 1.54) is 155 Å². The molecule has 0 radical (unpaired) electrons. The molecule has 6 bridgehead atoms. The van der Waals surface area contributed by atoms with Gasteiger partial charge in [0.2, 0.25) is 0 Å². The average molecular weight is 469 g/mol. The predicted molar refractivity (Wildman–Crippen MR) is 148 cm³/mol. The maximum absolute atomic E-state index is 2.93. The maximum atomic E-state index is 2.93. The van der Waals surface area contributed by atoms with Crippen LogP contribution in [0.4, 0.5) is 0 Å². The van der Waals surface area contributed by atoms with Crippen LogP contribution in [0.3, 0.4) is 0 Å². The number of rotatable bonds is 0. The van der Waals surface area contributed by atoms with Crippen molar-refractivity contribution in [3.8, 4) is 0 Å². The lowest BCUT2D eigenvalue weighted by Crippen LogP contribution is -2.49. The molecule has 2 nitrogen and oxygen atoms in total. The lowest BCUT2D eigenvalue weighted by atomic mass is 9.69. The molecule has 0 aliphatic carbocycles. The van der Waals surface area contributed by atoms with Gasteiger partial charge in [0.1, 0.15) is 0 Å². The van der Waals surface area contributed by atoms with Crippen molar-refractivity contribution < 1.29 is 0 Å². The Kier molecular flexibility index (Phi) is 12.1. The Morgan fingerprint density at radius 1 is 0.441 bits per heavy atom. The SMILES string of the molecule is C1=C\CCCCN2C[C@@H]3CCCC/C=C\CCCCN4CC[C@H]([C@@H](CCCCCC/1)C4)[C@@H](C3)C2. The van der Waals surface area contributed by atoms with Gasteiger partial charge in [-0.3, -0.25) is 0 Å². The second-order valence-electron chi connectivity index (χ2n) is 12.3. The summed E-state index contributed by atoms with van der Waals surface area (Å²) in [7, 11) is 0. The Hall–Kier alpha value is -0.600. The molecule has 0 amide bonds. The van der Waals surface area contributed by atoms with Gasteiger partial charge in [-0.25, -0.2) is 0 Å². The van der Waals surface area contributed by atoms with Crippen LogP contribution in [0.2, 0.25) is 0 Å². The maximum Gasteiger partial charge on any atom is 0.00127 e. The van der Waals surface area contributed by atoms with E-state index in [2.05, 4.69) is 34.1 Å². The third-order valence-corrected chi connectivity index (χ3v) is 9.58. The van der Waals surface area contributed by atoms with Gasteiger partial charge >= 0.3 is 0 Å². The molecule has 34 heavy (non-hydrogen) atoms. The number of piperidine rings is 2. The van der Waals surface area contributed by atoms with Crippen LogP contribution in [0, 0.1) is 23.7 Å². The van der Waals surface area contributed by atoms with Gasteiger partial charge in [-0.1, -0.05) is 50.0 Å². The van der Waals surface area contributed by atoms with Crippen molar-refractivity contribution in [1.82, 2.24) is 9.80 Å². The van der Waals surface area contributed by atoms with Gasteiger partial charge in [0, 0.05) is 19.6 Å². The summed E-state index contributed by atoms with van der Waals surface area (Å²) >= 11 is 0. The van der Waals surface area contributed by atoms with Crippen LogP contribution in [0.1, 0.15) is 116 Å². The molecule has 2 heteroatoms. The molecular formula is C32H56N2. The summed E-state index contributed by atoms with van der Waals surface area (Å²) in [4.78, 5) is 5.80. The lowest BCUT2D eigenvalue weighted by molar-refractivity contribution is 0.0185. The topological polar surface area (TPSA) is 6.48 Å². The fourth-order valence-electron chi connectivity index (χ4n) is 7.69. The number of nitrogens with zero attached hydrogens (tertiary/aromatic N) is 2. The number of fused-ring (bicyclic) bond motifs is 10. The van der Waals surface area contributed by atoms with Gasteiger partial charge in [-0.05, 0) is 133 Å². The summed E-state index contributed by atoms with van der Waals surface area (Å²) in [6.07, 6.45) is 35.4. The molecule has 6 atom stereocenters. The van der Waals surface area contributed by atoms with E-state index in [1.54, 1.807) is 0 Å². The van der Waals surface area contributed by atoms with E-state index in [1.807, 2.05) is 0 Å². The first-order valence-corrected chi connectivity index (χ1v) is 15.6. The Labute approximate surface area is 212 Å². The highest BCUT2D eigenvalue weighted by Crippen LogP contribution is 2.40. The summed E-state index contributed by atoms with van der Waals surface area (Å²) in [5.41, 5.74) is 0. The summed E-state index contributed by atoms with van der Waals surface area (Å²) in [5.74, 6) is 3.89. The molecule has 0 N–H and O–H groups in total. The standard InChI is InChI=1S/C32H56N2/c1-2-5-10-14-18-23-34-26-29-19-15-11-7-4-6-9-13-17-22-33-24-21-32(31(25-29)28-34)30(27-33)20-16-12-8-3-1/h2,4-6,29-32H,1,3,7-28H2/b5-2-,6-4-/t29-,30+,31+,32-/m1/s1. The van der Waals surface area contributed by atoms with Gasteiger partial charge in [-0.15, -0.1) is 0 Å². The van der Waals surface area contributed by atoms with Crippen molar-refractivity contribution in [2.75, 3.05) is 39.3 Å². The zero-order valence-corrected chi connectivity index (χ0v) is 22.5. The van der Waals surface area contributed by atoms with Crippen LogP contribution in [0.15, 0.2) is 24.3 Å². The molecule has 0 aromatic rings. The molecule has 5 heterocycles. The predicted octanol–water partition coefficient (Wildman–Crippen LogP) is 8.24. The van der Waals surface area contributed by atoms with Gasteiger partial charge in [0.15, 0.2) is 0 Å². The quantitative estimate of drug-likeness (QED) is 0.330. The molecule has 0 saturated carbocycles. The molecule has 0 aromatic heterocycles. The number of hydrogen-bond donors (Lipinski definition) is 0. The first-order valence-electron chi connectivity index (χ1n) is 15.6. The fourth-order valence-corrected chi connectivity index (χ4v) is 7.69. The molecule has 2 fully saturated rings. The van der Waals surface area contributed by atoms with E-state index in [0.29, 0.717) is 0 Å². The molecular weight excluding hydrogens is 412 g/mol. The first kappa shape index (κ1) is 26.5. The van der Waals surface area contributed by atoms with Crippen LogP contribution in [-0.2, 0) is 0 Å². The highest BCUT2D eigenvalue weighted by Gasteiger charge is 2.38. The fraction of sp³-hybridized carbons (Fsp3) is 0.875. The van der Waals surface area contributed by atoms with Gasteiger partial charge < -0.3 is 9.80 Å². The summed E-state index contributed by atoms with van der Waals surface area (Å²) in [6.45, 7) is 8.30. The van der Waals surface area contributed by atoms with Crippen molar-refractivity contribution in [2.45, 2.75) is 116 Å². The number of allylic oxidation sites excluding steroid dienone is 4. The minimum absolute atomic E-state index is 0.957. The van der Waals surface area contributed by atoms with E-state index in [4.69, 9.17) is 0 Å². The average Bonchev–Trinajstić information content (AvgIpc) is 2.85. The third-order valence-electron chi connectivity index (χ3n) is 9.58. The Balaban J connectivity index is 1.47. The molecule has 194 valence electrons. The molecule has 5 aliphatic heterocycles. The highest BCUT2D eigenvalue weighted by atomic mass is 15.1. The van der Waals surface area contributed by atoms with Gasteiger partial charge in [-0.2, -0.15) is 0 Å². The van der Waals surface area contributed by atoms with Crippen molar-refractivity contribution in [1.29, 1.82) is 0 Å². The smallest absolute Gasteiger partial charge is 0.00127 e. The normalized spacial score (nSPS) is 39.8. The highest BCUT2D eigenvalue weighted by molar-refractivity contribution is 4.91. The minimum Gasteiger partial charge on any atom is -0.303 e. The number of hydrogen-bond acceptors (Lipinski definition) is 2. The molecule has 0 aromatic carbocycles. The van der Waals surface area contributed by atoms with E-state index in [0.717, 1.165) is 23.7 Å².